The minimum Gasteiger partial charge on any atom is -0.491 e. The third-order valence-electron chi connectivity index (χ3n) is 3.03. The molecule has 0 saturated heterocycles. The lowest BCUT2D eigenvalue weighted by atomic mass is 10.1. The van der Waals surface area contributed by atoms with Gasteiger partial charge >= 0.3 is 0 Å². The molecule has 0 aromatic heterocycles. The molecule has 0 amide bonds. The summed E-state index contributed by atoms with van der Waals surface area (Å²) in [5, 5.41) is 3.47. The van der Waals surface area contributed by atoms with Crippen LogP contribution in [0, 0.1) is 5.92 Å². The molecule has 2 heteroatoms. The molecule has 1 heterocycles. The summed E-state index contributed by atoms with van der Waals surface area (Å²) in [5.74, 6) is 1.58. The van der Waals surface area contributed by atoms with Gasteiger partial charge in [0.05, 0.1) is 12.3 Å². The molecular weight excluding hydrogens is 198 g/mol. The molecule has 0 aliphatic carbocycles. The van der Waals surface area contributed by atoms with Gasteiger partial charge in [0.2, 0.25) is 0 Å². The average molecular weight is 219 g/mol. The summed E-state index contributed by atoms with van der Waals surface area (Å²) in [4.78, 5) is 0. The fraction of sp³-hybridized carbons (Fsp3) is 0.571. The summed E-state index contributed by atoms with van der Waals surface area (Å²) >= 11 is 0. The van der Waals surface area contributed by atoms with E-state index < -0.39 is 0 Å². The molecule has 0 radical (unpaired) electrons. The molecule has 88 valence electrons. The van der Waals surface area contributed by atoms with Gasteiger partial charge in [-0.15, -0.1) is 0 Å². The first-order valence-electron chi connectivity index (χ1n) is 6.29. The predicted octanol–water partition coefficient (Wildman–Crippen LogP) is 3.47. The fourth-order valence-corrected chi connectivity index (χ4v) is 1.95. The van der Waals surface area contributed by atoms with Crippen LogP contribution in [-0.2, 0) is 6.42 Å². The van der Waals surface area contributed by atoms with E-state index in [0.717, 1.165) is 24.6 Å². The molecule has 1 aliphatic heterocycles. The highest BCUT2D eigenvalue weighted by atomic mass is 16.5. The van der Waals surface area contributed by atoms with Crippen LogP contribution in [0.4, 0.5) is 5.69 Å². The molecule has 1 unspecified atom stereocenters. The molecule has 16 heavy (non-hydrogen) atoms. The number of anilines is 1. The number of benzene rings is 1. The van der Waals surface area contributed by atoms with Gasteiger partial charge in [-0.1, -0.05) is 26.3 Å². The SMILES string of the molecule is CCCCc1ccc2c(c1)NCC(C)CO2. The van der Waals surface area contributed by atoms with Crippen LogP contribution >= 0.6 is 0 Å². The molecule has 1 aromatic rings. The zero-order valence-electron chi connectivity index (χ0n) is 10.3. The van der Waals surface area contributed by atoms with Gasteiger partial charge in [0.15, 0.2) is 0 Å². The minimum absolute atomic E-state index is 0.575. The molecule has 2 rings (SSSR count). The zero-order valence-corrected chi connectivity index (χ0v) is 10.3. The van der Waals surface area contributed by atoms with E-state index in [-0.39, 0.29) is 0 Å². The summed E-state index contributed by atoms with van der Waals surface area (Å²) < 4.78 is 5.76. The molecule has 1 aromatic carbocycles. The summed E-state index contributed by atoms with van der Waals surface area (Å²) in [5.41, 5.74) is 2.57. The highest BCUT2D eigenvalue weighted by Crippen LogP contribution is 2.29. The van der Waals surface area contributed by atoms with Crippen molar-refractivity contribution < 1.29 is 4.74 Å². The van der Waals surface area contributed by atoms with E-state index in [1.807, 2.05) is 0 Å². The summed E-state index contributed by atoms with van der Waals surface area (Å²) in [7, 11) is 0. The minimum atomic E-state index is 0.575. The van der Waals surface area contributed by atoms with Crippen molar-refractivity contribution in [3.8, 4) is 5.75 Å². The Labute approximate surface area is 98.0 Å². The molecule has 2 nitrogen and oxygen atoms in total. The quantitative estimate of drug-likeness (QED) is 0.840. The van der Waals surface area contributed by atoms with E-state index in [2.05, 4.69) is 37.4 Å². The van der Waals surface area contributed by atoms with Crippen molar-refractivity contribution in [2.24, 2.45) is 5.92 Å². The van der Waals surface area contributed by atoms with E-state index in [9.17, 15) is 0 Å². The van der Waals surface area contributed by atoms with Crippen LogP contribution in [0.25, 0.3) is 0 Å². The van der Waals surface area contributed by atoms with Crippen LogP contribution in [0.5, 0.6) is 5.75 Å². The van der Waals surface area contributed by atoms with Crippen molar-refractivity contribution in [3.05, 3.63) is 23.8 Å². The number of ether oxygens (including phenoxy) is 1. The molecule has 0 fully saturated rings. The van der Waals surface area contributed by atoms with Crippen molar-refractivity contribution in [2.75, 3.05) is 18.5 Å². The van der Waals surface area contributed by atoms with Crippen molar-refractivity contribution >= 4 is 5.69 Å². The summed E-state index contributed by atoms with van der Waals surface area (Å²) in [6.07, 6.45) is 3.68. The topological polar surface area (TPSA) is 21.3 Å². The third kappa shape index (κ3) is 2.69. The highest BCUT2D eigenvalue weighted by Gasteiger charge is 2.13. The Hall–Kier alpha value is -1.18. The maximum Gasteiger partial charge on any atom is 0.142 e. The number of hydrogen-bond acceptors (Lipinski definition) is 2. The van der Waals surface area contributed by atoms with Gasteiger partial charge < -0.3 is 10.1 Å². The van der Waals surface area contributed by atoms with Gasteiger partial charge in [-0.25, -0.2) is 0 Å². The van der Waals surface area contributed by atoms with Gasteiger partial charge in [-0.3, -0.25) is 0 Å². The summed E-state index contributed by atoms with van der Waals surface area (Å²) in [6.45, 7) is 6.25. The Balaban J connectivity index is 2.12. The fourth-order valence-electron chi connectivity index (χ4n) is 1.95. The van der Waals surface area contributed by atoms with Crippen LogP contribution in [0.3, 0.4) is 0 Å². The van der Waals surface area contributed by atoms with Crippen LogP contribution < -0.4 is 10.1 Å². The Morgan fingerprint density at radius 1 is 1.44 bits per heavy atom. The number of fused-ring (bicyclic) bond motifs is 1. The molecule has 1 atom stereocenters. The van der Waals surface area contributed by atoms with Crippen molar-refractivity contribution in [3.63, 3.8) is 0 Å². The smallest absolute Gasteiger partial charge is 0.142 e. The largest absolute Gasteiger partial charge is 0.491 e. The van der Waals surface area contributed by atoms with E-state index in [1.165, 1.54) is 24.8 Å². The Morgan fingerprint density at radius 2 is 2.31 bits per heavy atom. The van der Waals surface area contributed by atoms with Crippen LogP contribution in [0.15, 0.2) is 18.2 Å². The van der Waals surface area contributed by atoms with Crippen LogP contribution in [-0.4, -0.2) is 13.2 Å². The Kier molecular flexibility index (Phi) is 3.70. The van der Waals surface area contributed by atoms with Crippen molar-refractivity contribution in [1.29, 1.82) is 0 Å². The highest BCUT2D eigenvalue weighted by molar-refractivity contribution is 5.58. The van der Waals surface area contributed by atoms with Gasteiger partial charge in [-0.2, -0.15) is 0 Å². The molecule has 0 spiro atoms. The first kappa shape index (κ1) is 11.3. The Morgan fingerprint density at radius 3 is 3.12 bits per heavy atom. The van der Waals surface area contributed by atoms with Crippen LogP contribution in [0.2, 0.25) is 0 Å². The van der Waals surface area contributed by atoms with Crippen molar-refractivity contribution in [1.82, 2.24) is 0 Å². The zero-order chi connectivity index (χ0) is 11.4. The van der Waals surface area contributed by atoms with E-state index in [1.54, 1.807) is 0 Å². The lowest BCUT2D eigenvalue weighted by Gasteiger charge is -2.09. The Bertz CT molecular complexity index is 349. The van der Waals surface area contributed by atoms with Crippen LogP contribution in [0.1, 0.15) is 32.3 Å². The van der Waals surface area contributed by atoms with E-state index >= 15 is 0 Å². The monoisotopic (exact) mass is 219 g/mol. The lowest BCUT2D eigenvalue weighted by Crippen LogP contribution is -2.13. The number of hydrogen-bond donors (Lipinski definition) is 1. The second-order valence-electron chi connectivity index (χ2n) is 4.73. The second-order valence-corrected chi connectivity index (χ2v) is 4.73. The first-order valence-corrected chi connectivity index (χ1v) is 6.29. The lowest BCUT2D eigenvalue weighted by molar-refractivity contribution is 0.275. The maximum absolute atomic E-state index is 5.76. The van der Waals surface area contributed by atoms with Gasteiger partial charge in [0, 0.05) is 12.5 Å². The summed E-state index contributed by atoms with van der Waals surface area (Å²) in [6, 6.07) is 6.53. The normalized spacial score (nSPS) is 19.2. The maximum atomic E-state index is 5.76. The number of rotatable bonds is 3. The third-order valence-corrected chi connectivity index (χ3v) is 3.03. The van der Waals surface area contributed by atoms with Crippen molar-refractivity contribution in [2.45, 2.75) is 33.1 Å². The van der Waals surface area contributed by atoms with Gasteiger partial charge in [0.25, 0.3) is 0 Å². The predicted molar refractivity (Wildman–Crippen MR) is 68.2 cm³/mol. The average Bonchev–Trinajstić information content (AvgIpc) is 2.49. The van der Waals surface area contributed by atoms with Gasteiger partial charge in [0.1, 0.15) is 5.75 Å². The standard InChI is InChI=1S/C14H21NO/c1-3-4-5-12-6-7-14-13(8-12)15-9-11(2)10-16-14/h6-8,11,15H,3-5,9-10H2,1-2H3. The van der Waals surface area contributed by atoms with E-state index in [4.69, 9.17) is 4.74 Å². The molecule has 0 saturated carbocycles. The van der Waals surface area contributed by atoms with Gasteiger partial charge in [-0.05, 0) is 30.5 Å². The number of aryl methyl sites for hydroxylation is 1. The van der Waals surface area contributed by atoms with E-state index in [0.29, 0.717) is 5.92 Å². The second kappa shape index (κ2) is 5.24. The molecular formula is C14H21NO. The first-order chi connectivity index (χ1) is 7.79. The number of nitrogens with one attached hydrogen (secondary N) is 1. The molecule has 1 aliphatic rings. The number of unbranched alkanes of at least 4 members (excludes halogenated alkanes) is 1. The molecule has 0 bridgehead atoms. The molecule has 1 N–H and O–H groups in total.